The number of nitrogens with one attached hydrogen (secondary N) is 1. The van der Waals surface area contributed by atoms with E-state index in [9.17, 15) is 19.8 Å². The van der Waals surface area contributed by atoms with Gasteiger partial charge in [-0.1, -0.05) is 6.07 Å². The van der Waals surface area contributed by atoms with Gasteiger partial charge in [-0.3, -0.25) is 19.3 Å². The summed E-state index contributed by atoms with van der Waals surface area (Å²) in [5.41, 5.74) is -1.32. The van der Waals surface area contributed by atoms with E-state index >= 15 is 0 Å². The van der Waals surface area contributed by atoms with Gasteiger partial charge in [0, 0.05) is 12.3 Å². The summed E-state index contributed by atoms with van der Waals surface area (Å²) in [5, 5.41) is 19.6. The highest BCUT2D eigenvalue weighted by atomic mass is 16.3. The lowest BCUT2D eigenvalue weighted by Crippen LogP contribution is -2.32. The highest BCUT2D eigenvalue weighted by Gasteiger charge is 2.13. The molecule has 0 aliphatic rings. The monoisotopic (exact) mass is 327 g/mol. The summed E-state index contributed by atoms with van der Waals surface area (Å²) >= 11 is 0. The Labute approximate surface area is 135 Å². The van der Waals surface area contributed by atoms with Crippen LogP contribution < -0.4 is 11.2 Å². The lowest BCUT2D eigenvalue weighted by atomic mass is 10.3. The number of aromatic amines is 1. The number of rotatable bonds is 4. The number of benzene rings is 1. The van der Waals surface area contributed by atoms with Crippen molar-refractivity contribution < 1.29 is 14.6 Å². The SMILES string of the molecule is O=c1[nH]c(=O)n(Cc2ccco2)c(O)c1C=Nc1cccc(O)c1. The summed E-state index contributed by atoms with van der Waals surface area (Å²) in [6.45, 7) is -0.0403. The smallest absolute Gasteiger partial charge is 0.331 e. The lowest BCUT2D eigenvalue weighted by molar-refractivity contribution is 0.392. The molecule has 2 heterocycles. The summed E-state index contributed by atoms with van der Waals surface area (Å²) in [5.74, 6) is -0.0649. The number of aromatic nitrogens is 2. The molecule has 0 fully saturated rings. The number of phenolic OH excluding ortho intramolecular Hbond substituents is 1. The molecule has 0 radical (unpaired) electrons. The van der Waals surface area contributed by atoms with E-state index in [1.54, 1.807) is 24.3 Å². The van der Waals surface area contributed by atoms with Gasteiger partial charge in [-0.25, -0.2) is 4.79 Å². The van der Waals surface area contributed by atoms with E-state index in [0.717, 1.165) is 10.8 Å². The van der Waals surface area contributed by atoms with Crippen LogP contribution in [-0.2, 0) is 6.54 Å². The Morgan fingerprint density at radius 1 is 1.21 bits per heavy atom. The third-order valence-corrected chi connectivity index (χ3v) is 3.27. The van der Waals surface area contributed by atoms with Gasteiger partial charge in [-0.15, -0.1) is 0 Å². The zero-order valence-corrected chi connectivity index (χ0v) is 12.3. The number of nitrogens with zero attached hydrogens (tertiary/aromatic N) is 2. The van der Waals surface area contributed by atoms with Crippen molar-refractivity contribution in [3.8, 4) is 11.6 Å². The number of furan rings is 1. The molecule has 0 unspecified atom stereocenters. The van der Waals surface area contributed by atoms with Crippen molar-refractivity contribution in [1.82, 2.24) is 9.55 Å². The maximum absolute atomic E-state index is 11.9. The first-order chi connectivity index (χ1) is 11.5. The first-order valence-corrected chi connectivity index (χ1v) is 6.96. The molecule has 3 rings (SSSR count). The highest BCUT2D eigenvalue weighted by Crippen LogP contribution is 2.19. The molecule has 3 aromatic rings. The molecule has 0 bridgehead atoms. The third-order valence-electron chi connectivity index (χ3n) is 3.27. The van der Waals surface area contributed by atoms with Crippen molar-refractivity contribution in [2.45, 2.75) is 6.54 Å². The van der Waals surface area contributed by atoms with Crippen molar-refractivity contribution in [2.75, 3.05) is 0 Å². The minimum Gasteiger partial charge on any atom is -0.508 e. The van der Waals surface area contributed by atoms with Gasteiger partial charge in [0.05, 0.1) is 18.5 Å². The fraction of sp³-hybridized carbons (Fsp3) is 0.0625. The average molecular weight is 327 g/mol. The van der Waals surface area contributed by atoms with Crippen LogP contribution in [0.3, 0.4) is 0 Å². The summed E-state index contributed by atoms with van der Waals surface area (Å²) < 4.78 is 6.10. The van der Waals surface area contributed by atoms with Crippen LogP contribution in [0, 0.1) is 0 Å². The largest absolute Gasteiger partial charge is 0.508 e. The fourth-order valence-electron chi connectivity index (χ4n) is 2.11. The van der Waals surface area contributed by atoms with E-state index in [2.05, 4.69) is 9.98 Å². The van der Waals surface area contributed by atoms with Gasteiger partial charge >= 0.3 is 5.69 Å². The summed E-state index contributed by atoms with van der Waals surface area (Å²) in [7, 11) is 0. The number of hydrogen-bond donors (Lipinski definition) is 3. The predicted octanol–water partition coefficient (Wildman–Crippen LogP) is 1.34. The Morgan fingerprint density at radius 2 is 2.04 bits per heavy atom. The van der Waals surface area contributed by atoms with Crippen LogP contribution in [0.15, 0.2) is 61.7 Å². The normalized spacial score (nSPS) is 11.2. The van der Waals surface area contributed by atoms with Gasteiger partial charge in [0.1, 0.15) is 17.1 Å². The topological polar surface area (TPSA) is 121 Å². The van der Waals surface area contributed by atoms with Gasteiger partial charge in [0.15, 0.2) is 0 Å². The van der Waals surface area contributed by atoms with Crippen LogP contribution in [-0.4, -0.2) is 26.0 Å². The fourth-order valence-corrected chi connectivity index (χ4v) is 2.11. The summed E-state index contributed by atoms with van der Waals surface area (Å²) in [4.78, 5) is 29.9. The molecule has 8 nitrogen and oxygen atoms in total. The van der Waals surface area contributed by atoms with E-state index in [4.69, 9.17) is 4.42 Å². The second kappa shape index (κ2) is 6.29. The standard InChI is InChI=1S/C16H13N3O5/c20-11-4-1-3-10(7-11)17-8-13-14(21)18-16(23)19(15(13)22)9-12-5-2-6-24-12/h1-8,20,22H,9H2,(H,18,21,23). The van der Waals surface area contributed by atoms with Gasteiger partial charge in [-0.2, -0.15) is 0 Å². The Morgan fingerprint density at radius 3 is 2.75 bits per heavy atom. The first kappa shape index (κ1) is 15.3. The molecule has 0 spiro atoms. The molecule has 0 aliphatic carbocycles. The van der Waals surface area contributed by atoms with E-state index < -0.39 is 17.1 Å². The maximum atomic E-state index is 11.9. The van der Waals surface area contributed by atoms with E-state index in [1.807, 2.05) is 0 Å². The predicted molar refractivity (Wildman–Crippen MR) is 86.2 cm³/mol. The quantitative estimate of drug-likeness (QED) is 0.624. The number of phenols is 1. The third kappa shape index (κ3) is 3.12. The maximum Gasteiger partial charge on any atom is 0.331 e. The first-order valence-electron chi connectivity index (χ1n) is 6.96. The zero-order valence-electron chi connectivity index (χ0n) is 12.3. The van der Waals surface area contributed by atoms with E-state index in [0.29, 0.717) is 11.4 Å². The van der Waals surface area contributed by atoms with Gasteiger partial charge in [-0.05, 0) is 24.3 Å². The number of aliphatic imine (C=N–C) groups is 1. The number of aromatic hydroxyl groups is 2. The van der Waals surface area contributed by atoms with Crippen molar-refractivity contribution in [1.29, 1.82) is 0 Å². The minimum absolute atomic E-state index is 0.0190. The molecule has 2 aromatic heterocycles. The Bertz CT molecular complexity index is 999. The van der Waals surface area contributed by atoms with Crippen LogP contribution >= 0.6 is 0 Å². The molecule has 1 aromatic carbocycles. The second-order valence-corrected chi connectivity index (χ2v) is 4.94. The Hall–Kier alpha value is -3.55. The highest BCUT2D eigenvalue weighted by molar-refractivity contribution is 5.84. The zero-order chi connectivity index (χ0) is 17.1. The average Bonchev–Trinajstić information content (AvgIpc) is 3.04. The number of H-pyrrole nitrogens is 1. The molecule has 0 saturated carbocycles. The second-order valence-electron chi connectivity index (χ2n) is 4.94. The molecular weight excluding hydrogens is 314 g/mol. The Kier molecular flexibility index (Phi) is 4.02. The molecule has 122 valence electrons. The summed E-state index contributed by atoms with van der Waals surface area (Å²) in [6.07, 6.45) is 2.56. The van der Waals surface area contributed by atoms with E-state index in [-0.39, 0.29) is 17.9 Å². The molecule has 24 heavy (non-hydrogen) atoms. The molecule has 0 saturated heterocycles. The summed E-state index contributed by atoms with van der Waals surface area (Å²) in [6, 6.07) is 9.35. The van der Waals surface area contributed by atoms with Gasteiger partial charge in [0.25, 0.3) is 5.56 Å². The van der Waals surface area contributed by atoms with Crippen LogP contribution in [0.2, 0.25) is 0 Å². The van der Waals surface area contributed by atoms with Crippen LogP contribution in [0.4, 0.5) is 5.69 Å². The Balaban J connectivity index is 2.01. The lowest BCUT2D eigenvalue weighted by Gasteiger charge is -2.07. The van der Waals surface area contributed by atoms with Crippen molar-refractivity contribution in [3.63, 3.8) is 0 Å². The number of hydrogen-bond acceptors (Lipinski definition) is 6. The van der Waals surface area contributed by atoms with Crippen LogP contribution in [0.1, 0.15) is 11.3 Å². The molecule has 0 atom stereocenters. The van der Waals surface area contributed by atoms with Gasteiger partial charge in [0.2, 0.25) is 5.88 Å². The molecule has 0 amide bonds. The van der Waals surface area contributed by atoms with Gasteiger partial charge < -0.3 is 14.6 Å². The minimum atomic E-state index is -0.767. The molecule has 0 aliphatic heterocycles. The molecule has 3 N–H and O–H groups in total. The van der Waals surface area contributed by atoms with Crippen molar-refractivity contribution in [2.24, 2.45) is 4.99 Å². The molecular formula is C16H13N3O5. The van der Waals surface area contributed by atoms with Crippen molar-refractivity contribution in [3.05, 3.63) is 74.8 Å². The van der Waals surface area contributed by atoms with Crippen LogP contribution in [0.5, 0.6) is 11.6 Å². The van der Waals surface area contributed by atoms with Crippen molar-refractivity contribution >= 4 is 11.9 Å². The van der Waals surface area contributed by atoms with Crippen LogP contribution in [0.25, 0.3) is 0 Å². The molecule has 8 heteroatoms. The van der Waals surface area contributed by atoms with E-state index in [1.165, 1.54) is 18.4 Å².